The molecule has 1 aliphatic heterocycles. The van der Waals surface area contributed by atoms with E-state index in [0.717, 1.165) is 5.69 Å². The quantitative estimate of drug-likeness (QED) is 0.675. The fourth-order valence-electron chi connectivity index (χ4n) is 2.77. The first kappa shape index (κ1) is 17.9. The fourth-order valence-corrected chi connectivity index (χ4v) is 2.77. The molecule has 0 saturated carbocycles. The van der Waals surface area contributed by atoms with Crippen molar-refractivity contribution in [2.75, 3.05) is 27.4 Å². The molecule has 9 nitrogen and oxygen atoms in total. The lowest BCUT2D eigenvalue weighted by atomic mass is 10.2. The van der Waals surface area contributed by atoms with Crippen molar-refractivity contribution in [3.63, 3.8) is 0 Å². The van der Waals surface area contributed by atoms with Gasteiger partial charge in [0.15, 0.2) is 0 Å². The minimum Gasteiger partial charge on any atom is -0.481 e. The first-order valence-corrected chi connectivity index (χ1v) is 8.25. The number of fused-ring (bicyclic) bond motifs is 1. The number of nitrogens with one attached hydrogen (secondary N) is 2. The second kappa shape index (κ2) is 7.96. The summed E-state index contributed by atoms with van der Waals surface area (Å²) in [5.41, 5.74) is 1.76. The number of pyridine rings is 1. The summed E-state index contributed by atoms with van der Waals surface area (Å²) in [6.45, 7) is 1.41. The number of aromatic nitrogens is 3. The van der Waals surface area contributed by atoms with Crippen molar-refractivity contribution in [3.8, 4) is 5.88 Å². The molecule has 2 aromatic heterocycles. The van der Waals surface area contributed by atoms with Crippen molar-refractivity contribution in [2.45, 2.75) is 19.0 Å². The number of carbonyl (C=O) groups excluding carboxylic acids is 2. The van der Waals surface area contributed by atoms with E-state index in [1.165, 1.54) is 13.3 Å². The second-order valence-corrected chi connectivity index (χ2v) is 5.92. The maximum atomic E-state index is 12.3. The van der Waals surface area contributed by atoms with E-state index in [2.05, 4.69) is 20.7 Å². The lowest BCUT2D eigenvalue weighted by Crippen LogP contribution is -2.36. The Bertz CT molecular complexity index is 763. The maximum Gasteiger partial charge on any atom is 0.271 e. The molecule has 0 aliphatic carbocycles. The molecule has 0 fully saturated rings. The van der Waals surface area contributed by atoms with Gasteiger partial charge in [-0.15, -0.1) is 0 Å². The van der Waals surface area contributed by atoms with E-state index in [-0.39, 0.29) is 17.9 Å². The Morgan fingerprint density at radius 2 is 2.15 bits per heavy atom. The zero-order valence-corrected chi connectivity index (χ0v) is 14.7. The molecule has 0 radical (unpaired) electrons. The number of ether oxygens (including phenoxy) is 2. The number of methoxy groups -OCH3 is 2. The van der Waals surface area contributed by atoms with Crippen LogP contribution in [-0.2, 0) is 17.7 Å². The van der Waals surface area contributed by atoms with E-state index in [1.807, 2.05) is 0 Å². The lowest BCUT2D eigenvalue weighted by molar-refractivity contribution is 0.0921. The molecule has 2 aromatic rings. The highest BCUT2D eigenvalue weighted by Crippen LogP contribution is 2.17. The van der Waals surface area contributed by atoms with Gasteiger partial charge in [-0.3, -0.25) is 14.3 Å². The van der Waals surface area contributed by atoms with Gasteiger partial charge in [0.25, 0.3) is 11.8 Å². The van der Waals surface area contributed by atoms with E-state index in [9.17, 15) is 9.59 Å². The van der Waals surface area contributed by atoms with Crippen molar-refractivity contribution in [2.24, 2.45) is 0 Å². The summed E-state index contributed by atoms with van der Waals surface area (Å²) in [6.07, 6.45) is 2.10. The number of rotatable bonds is 7. The van der Waals surface area contributed by atoms with Crippen LogP contribution in [0.3, 0.4) is 0 Å². The van der Waals surface area contributed by atoms with Crippen LogP contribution in [-0.4, -0.2) is 60.0 Å². The molecule has 0 bridgehead atoms. The molecule has 3 heterocycles. The highest BCUT2D eigenvalue weighted by Gasteiger charge is 2.26. The highest BCUT2D eigenvalue weighted by molar-refractivity contribution is 5.94. The summed E-state index contributed by atoms with van der Waals surface area (Å²) in [7, 11) is 3.10. The van der Waals surface area contributed by atoms with E-state index < -0.39 is 0 Å². The Morgan fingerprint density at radius 3 is 2.81 bits per heavy atom. The Morgan fingerprint density at radius 1 is 1.31 bits per heavy atom. The Labute approximate surface area is 150 Å². The number of hydrogen-bond acceptors (Lipinski definition) is 6. The van der Waals surface area contributed by atoms with Gasteiger partial charge in [-0.05, 0) is 12.1 Å². The van der Waals surface area contributed by atoms with Gasteiger partial charge in [0, 0.05) is 38.0 Å². The van der Waals surface area contributed by atoms with E-state index in [1.54, 1.807) is 30.0 Å². The van der Waals surface area contributed by atoms with Crippen LogP contribution in [0.4, 0.5) is 0 Å². The van der Waals surface area contributed by atoms with Crippen LogP contribution in [0.25, 0.3) is 0 Å². The van der Waals surface area contributed by atoms with Crippen LogP contribution in [0.15, 0.2) is 24.4 Å². The van der Waals surface area contributed by atoms with Gasteiger partial charge in [0.2, 0.25) is 5.88 Å². The largest absolute Gasteiger partial charge is 0.481 e. The molecular weight excluding hydrogens is 338 g/mol. The maximum absolute atomic E-state index is 12.3. The fraction of sp³-hybridized carbons (Fsp3) is 0.412. The van der Waals surface area contributed by atoms with Crippen molar-refractivity contribution in [3.05, 3.63) is 41.3 Å². The predicted molar refractivity (Wildman–Crippen MR) is 92.2 cm³/mol. The molecule has 0 aromatic carbocycles. The van der Waals surface area contributed by atoms with Crippen LogP contribution < -0.4 is 15.4 Å². The topological polar surface area (TPSA) is 107 Å². The van der Waals surface area contributed by atoms with Crippen molar-refractivity contribution >= 4 is 11.8 Å². The van der Waals surface area contributed by atoms with Gasteiger partial charge in [0.1, 0.15) is 5.69 Å². The summed E-state index contributed by atoms with van der Waals surface area (Å²) >= 11 is 0. The molecule has 0 unspecified atom stereocenters. The van der Waals surface area contributed by atoms with Gasteiger partial charge in [0.05, 0.1) is 31.9 Å². The zero-order chi connectivity index (χ0) is 18.5. The van der Waals surface area contributed by atoms with Gasteiger partial charge >= 0.3 is 0 Å². The smallest absolute Gasteiger partial charge is 0.271 e. The molecule has 9 heteroatoms. The molecule has 138 valence electrons. The monoisotopic (exact) mass is 359 g/mol. The number of carbonyl (C=O) groups is 2. The summed E-state index contributed by atoms with van der Waals surface area (Å²) < 4.78 is 11.6. The summed E-state index contributed by atoms with van der Waals surface area (Å²) in [4.78, 5) is 28.3. The average molecular weight is 359 g/mol. The molecule has 0 saturated heterocycles. The van der Waals surface area contributed by atoms with Crippen LogP contribution in [0.5, 0.6) is 5.88 Å². The number of nitrogens with zero attached hydrogens (tertiary/aromatic N) is 3. The zero-order valence-electron chi connectivity index (χ0n) is 14.7. The number of amides is 2. The molecule has 1 atom stereocenters. The Hall–Kier alpha value is -2.94. The van der Waals surface area contributed by atoms with Crippen LogP contribution in [0.1, 0.15) is 26.5 Å². The molecule has 1 aliphatic rings. The summed E-state index contributed by atoms with van der Waals surface area (Å²) in [5.74, 6) is 0.0288. The van der Waals surface area contributed by atoms with Gasteiger partial charge in [-0.25, -0.2) is 4.98 Å². The van der Waals surface area contributed by atoms with Crippen LogP contribution in [0.2, 0.25) is 0 Å². The molecule has 0 spiro atoms. The minimum atomic E-state index is -0.228. The predicted octanol–water partition coefficient (Wildman–Crippen LogP) is 0.0176. The summed E-state index contributed by atoms with van der Waals surface area (Å²) in [6, 6.07) is 4.99. The van der Waals surface area contributed by atoms with Crippen molar-refractivity contribution < 1.29 is 19.1 Å². The van der Waals surface area contributed by atoms with Crippen molar-refractivity contribution in [1.82, 2.24) is 25.4 Å². The Kier molecular flexibility index (Phi) is 5.47. The molecule has 2 amide bonds. The third-order valence-electron chi connectivity index (χ3n) is 4.08. The van der Waals surface area contributed by atoms with E-state index >= 15 is 0 Å². The first-order valence-electron chi connectivity index (χ1n) is 8.25. The van der Waals surface area contributed by atoms with E-state index in [0.29, 0.717) is 43.3 Å². The summed E-state index contributed by atoms with van der Waals surface area (Å²) in [5, 5.41) is 10.0. The standard InChI is InChI=1S/C17H21N5O4/c1-25-6-5-18-17(24)14-8-13-7-12(10-22(13)21-14)20-16(23)11-3-4-15(26-2)19-9-11/h3-4,8-9,12H,5-7,10H2,1-2H3,(H,18,24)(H,20,23)/t12-/m0/s1. The van der Waals surface area contributed by atoms with Crippen LogP contribution >= 0.6 is 0 Å². The third kappa shape index (κ3) is 3.99. The average Bonchev–Trinajstić information content (AvgIpc) is 3.20. The normalized spacial score (nSPS) is 15.4. The lowest BCUT2D eigenvalue weighted by Gasteiger charge is -2.12. The molecular formula is C17H21N5O4. The second-order valence-electron chi connectivity index (χ2n) is 5.92. The van der Waals surface area contributed by atoms with Crippen molar-refractivity contribution in [1.29, 1.82) is 0 Å². The minimum absolute atomic E-state index is 0.0716. The first-order chi connectivity index (χ1) is 12.6. The molecule has 3 rings (SSSR count). The highest BCUT2D eigenvalue weighted by atomic mass is 16.5. The van der Waals surface area contributed by atoms with Gasteiger partial charge in [-0.1, -0.05) is 0 Å². The van der Waals surface area contributed by atoms with Crippen LogP contribution in [0, 0.1) is 0 Å². The molecule has 26 heavy (non-hydrogen) atoms. The van der Waals surface area contributed by atoms with Gasteiger partial charge in [-0.2, -0.15) is 5.10 Å². The third-order valence-corrected chi connectivity index (χ3v) is 4.08. The number of hydrogen-bond donors (Lipinski definition) is 2. The SMILES string of the molecule is COCCNC(=O)c1cc2n(n1)C[C@@H](NC(=O)c1ccc(OC)nc1)C2. The van der Waals surface area contributed by atoms with Gasteiger partial charge < -0.3 is 20.1 Å². The Balaban J connectivity index is 1.54. The molecule has 2 N–H and O–H groups in total. The van der Waals surface area contributed by atoms with E-state index in [4.69, 9.17) is 9.47 Å².